The van der Waals surface area contributed by atoms with Crippen LogP contribution in [0.15, 0.2) is 12.4 Å². The molecule has 5 heteroatoms. The summed E-state index contributed by atoms with van der Waals surface area (Å²) in [5.41, 5.74) is 0.358. The minimum absolute atomic E-state index is 0.103. The number of carbonyl (C=O) groups excluding carboxylic acids is 1. The zero-order chi connectivity index (χ0) is 13.5. The first-order chi connectivity index (χ1) is 8.54. The Bertz CT molecular complexity index is 375. The third-order valence-corrected chi connectivity index (χ3v) is 2.53. The quantitative estimate of drug-likeness (QED) is 0.837. The molecule has 0 saturated carbocycles. The highest BCUT2D eigenvalue weighted by Gasteiger charge is 2.10. The van der Waals surface area contributed by atoms with Crippen molar-refractivity contribution in [2.75, 3.05) is 18.5 Å². The summed E-state index contributed by atoms with van der Waals surface area (Å²) in [6.45, 7) is 6.93. The normalized spacial score (nSPS) is 10.5. The van der Waals surface area contributed by atoms with Crippen molar-refractivity contribution in [3.8, 4) is 0 Å². The molecule has 0 fully saturated rings. The van der Waals surface area contributed by atoms with Gasteiger partial charge in [-0.25, -0.2) is 9.97 Å². The molecule has 1 aromatic heterocycles. The summed E-state index contributed by atoms with van der Waals surface area (Å²) < 4.78 is 0. The molecule has 1 heterocycles. The van der Waals surface area contributed by atoms with Crippen LogP contribution in [0.1, 0.15) is 44.1 Å². The third-order valence-electron chi connectivity index (χ3n) is 2.53. The largest absolute Gasteiger partial charge is 0.358 e. The molecule has 1 N–H and O–H groups in total. The maximum absolute atomic E-state index is 11.7. The maximum Gasteiger partial charge on any atom is 0.271 e. The van der Waals surface area contributed by atoms with Crippen LogP contribution in [0.5, 0.6) is 0 Å². The van der Waals surface area contributed by atoms with E-state index in [4.69, 9.17) is 0 Å². The van der Waals surface area contributed by atoms with Gasteiger partial charge in [-0.15, -0.1) is 0 Å². The second-order valence-corrected chi connectivity index (χ2v) is 4.66. The molecule has 1 rings (SSSR count). The van der Waals surface area contributed by atoms with Gasteiger partial charge in [0.1, 0.15) is 11.5 Å². The van der Waals surface area contributed by atoms with Crippen molar-refractivity contribution < 1.29 is 4.79 Å². The van der Waals surface area contributed by atoms with Gasteiger partial charge in [-0.3, -0.25) is 4.79 Å². The lowest BCUT2D eigenvalue weighted by atomic mass is 10.3. The van der Waals surface area contributed by atoms with Crippen molar-refractivity contribution in [1.82, 2.24) is 15.3 Å². The van der Waals surface area contributed by atoms with Gasteiger partial charge in [0, 0.05) is 19.6 Å². The Labute approximate surface area is 109 Å². The highest BCUT2D eigenvalue weighted by molar-refractivity contribution is 5.92. The van der Waals surface area contributed by atoms with Gasteiger partial charge in [0.15, 0.2) is 0 Å². The van der Waals surface area contributed by atoms with E-state index in [9.17, 15) is 4.79 Å². The average Bonchev–Trinajstić information content (AvgIpc) is 2.35. The van der Waals surface area contributed by atoms with Gasteiger partial charge in [-0.05, 0) is 20.3 Å². The van der Waals surface area contributed by atoms with Crippen LogP contribution >= 0.6 is 0 Å². The van der Waals surface area contributed by atoms with Crippen molar-refractivity contribution in [2.45, 2.75) is 39.7 Å². The second-order valence-electron chi connectivity index (χ2n) is 4.66. The van der Waals surface area contributed by atoms with E-state index in [2.05, 4.69) is 22.2 Å². The number of unbranched alkanes of at least 4 members (excludes halogenated alkanes) is 1. The van der Waals surface area contributed by atoms with Crippen LogP contribution in [-0.2, 0) is 0 Å². The number of hydrogen-bond acceptors (Lipinski definition) is 4. The lowest BCUT2D eigenvalue weighted by Crippen LogP contribution is -2.31. The zero-order valence-corrected chi connectivity index (χ0v) is 11.6. The monoisotopic (exact) mass is 250 g/mol. The molecule has 0 atom stereocenters. The van der Waals surface area contributed by atoms with Gasteiger partial charge in [-0.1, -0.05) is 13.3 Å². The molecule has 0 saturated heterocycles. The molecule has 18 heavy (non-hydrogen) atoms. The molecule has 100 valence electrons. The Morgan fingerprint density at radius 3 is 2.61 bits per heavy atom. The predicted octanol–water partition coefficient (Wildman–Crippen LogP) is 1.85. The van der Waals surface area contributed by atoms with E-state index in [0.717, 1.165) is 25.2 Å². The fourth-order valence-electron chi connectivity index (χ4n) is 1.48. The van der Waals surface area contributed by atoms with Crippen LogP contribution in [0.4, 0.5) is 5.82 Å². The van der Waals surface area contributed by atoms with E-state index in [0.29, 0.717) is 5.69 Å². The summed E-state index contributed by atoms with van der Waals surface area (Å²) in [7, 11) is 1.98. The molecule has 0 aromatic carbocycles. The van der Waals surface area contributed by atoms with Crippen molar-refractivity contribution in [3.05, 3.63) is 18.1 Å². The molecular formula is C13H22N4O. The zero-order valence-electron chi connectivity index (χ0n) is 11.6. The Kier molecular flexibility index (Phi) is 5.55. The summed E-state index contributed by atoms with van der Waals surface area (Å²) in [6.07, 6.45) is 5.43. The van der Waals surface area contributed by atoms with Crippen LogP contribution in [0.2, 0.25) is 0 Å². The Morgan fingerprint density at radius 1 is 1.39 bits per heavy atom. The Hall–Kier alpha value is -1.65. The van der Waals surface area contributed by atoms with Gasteiger partial charge in [-0.2, -0.15) is 0 Å². The molecule has 0 spiro atoms. The standard InChI is InChI=1S/C13H22N4O/c1-5-6-7-17(4)12-9-14-11(8-15-12)13(18)16-10(2)3/h8-10H,5-7H2,1-4H3,(H,16,18). The fourth-order valence-corrected chi connectivity index (χ4v) is 1.48. The van der Waals surface area contributed by atoms with Crippen molar-refractivity contribution in [1.29, 1.82) is 0 Å². The van der Waals surface area contributed by atoms with Gasteiger partial charge < -0.3 is 10.2 Å². The minimum atomic E-state index is -0.180. The SMILES string of the molecule is CCCCN(C)c1cnc(C(=O)NC(C)C)cn1. The van der Waals surface area contributed by atoms with Crippen LogP contribution in [0.25, 0.3) is 0 Å². The molecule has 0 radical (unpaired) electrons. The van der Waals surface area contributed by atoms with E-state index in [1.807, 2.05) is 25.8 Å². The van der Waals surface area contributed by atoms with E-state index >= 15 is 0 Å². The van der Waals surface area contributed by atoms with Gasteiger partial charge in [0.05, 0.1) is 12.4 Å². The van der Waals surface area contributed by atoms with Crippen molar-refractivity contribution >= 4 is 11.7 Å². The highest BCUT2D eigenvalue weighted by Crippen LogP contribution is 2.07. The smallest absolute Gasteiger partial charge is 0.271 e. The minimum Gasteiger partial charge on any atom is -0.358 e. The van der Waals surface area contributed by atoms with Crippen LogP contribution in [0, 0.1) is 0 Å². The van der Waals surface area contributed by atoms with Gasteiger partial charge in [0.25, 0.3) is 5.91 Å². The van der Waals surface area contributed by atoms with Crippen LogP contribution in [0.3, 0.4) is 0 Å². The molecule has 1 aromatic rings. The molecule has 0 bridgehead atoms. The predicted molar refractivity (Wildman–Crippen MR) is 72.8 cm³/mol. The topological polar surface area (TPSA) is 58.1 Å². The molecule has 1 amide bonds. The summed E-state index contributed by atoms with van der Waals surface area (Å²) in [6, 6.07) is 0.103. The molecule has 0 aliphatic heterocycles. The average molecular weight is 250 g/mol. The first-order valence-electron chi connectivity index (χ1n) is 6.38. The lowest BCUT2D eigenvalue weighted by molar-refractivity contribution is 0.0937. The first-order valence-corrected chi connectivity index (χ1v) is 6.38. The Balaban J connectivity index is 2.64. The van der Waals surface area contributed by atoms with Crippen LogP contribution < -0.4 is 10.2 Å². The van der Waals surface area contributed by atoms with E-state index in [1.165, 1.54) is 6.20 Å². The number of rotatable bonds is 6. The first kappa shape index (κ1) is 14.4. The van der Waals surface area contributed by atoms with Crippen molar-refractivity contribution in [3.63, 3.8) is 0 Å². The Morgan fingerprint density at radius 2 is 2.11 bits per heavy atom. The number of amides is 1. The fraction of sp³-hybridized carbons (Fsp3) is 0.615. The maximum atomic E-state index is 11.7. The number of nitrogens with zero attached hydrogens (tertiary/aromatic N) is 3. The molecule has 0 unspecified atom stereocenters. The highest BCUT2D eigenvalue weighted by atomic mass is 16.1. The second kappa shape index (κ2) is 6.93. The summed E-state index contributed by atoms with van der Waals surface area (Å²) in [4.78, 5) is 22.1. The summed E-state index contributed by atoms with van der Waals surface area (Å²) >= 11 is 0. The van der Waals surface area contributed by atoms with Crippen LogP contribution in [-0.4, -0.2) is 35.5 Å². The summed E-state index contributed by atoms with van der Waals surface area (Å²) in [5, 5.41) is 2.79. The summed E-state index contributed by atoms with van der Waals surface area (Å²) in [5.74, 6) is 0.616. The molecule has 0 aliphatic rings. The lowest BCUT2D eigenvalue weighted by Gasteiger charge is -2.17. The molecule has 5 nitrogen and oxygen atoms in total. The van der Waals surface area contributed by atoms with E-state index in [1.54, 1.807) is 6.20 Å². The van der Waals surface area contributed by atoms with Gasteiger partial charge >= 0.3 is 0 Å². The van der Waals surface area contributed by atoms with E-state index in [-0.39, 0.29) is 11.9 Å². The van der Waals surface area contributed by atoms with Gasteiger partial charge in [0.2, 0.25) is 0 Å². The van der Waals surface area contributed by atoms with Crippen molar-refractivity contribution in [2.24, 2.45) is 0 Å². The number of hydrogen-bond donors (Lipinski definition) is 1. The molecular weight excluding hydrogens is 228 g/mol. The number of nitrogens with one attached hydrogen (secondary N) is 1. The van der Waals surface area contributed by atoms with E-state index < -0.39 is 0 Å². The number of carbonyl (C=O) groups is 1. The number of aromatic nitrogens is 2. The third kappa shape index (κ3) is 4.31. The molecule has 0 aliphatic carbocycles. The number of anilines is 1.